The Labute approximate surface area is 126 Å². The minimum atomic E-state index is -0.555. The molecule has 1 aromatic carbocycles. The van der Waals surface area contributed by atoms with Crippen LogP contribution in [0.25, 0.3) is 0 Å². The van der Waals surface area contributed by atoms with Crippen LogP contribution >= 0.6 is 0 Å². The minimum absolute atomic E-state index is 0.419. The molecular weight excluding hydrogens is 268 g/mol. The number of carbonyl (C=O) groups is 1. The average molecular weight is 292 g/mol. The molecule has 0 saturated carbocycles. The van der Waals surface area contributed by atoms with Crippen molar-refractivity contribution in [2.75, 3.05) is 33.7 Å². The zero-order valence-corrected chi connectivity index (χ0v) is 12.8. The summed E-state index contributed by atoms with van der Waals surface area (Å²) in [6, 6.07) is 7.11. The number of hydrogen-bond acceptors (Lipinski definition) is 4. The zero-order valence-electron chi connectivity index (χ0n) is 12.8. The van der Waals surface area contributed by atoms with E-state index in [0.29, 0.717) is 12.3 Å². The van der Waals surface area contributed by atoms with Crippen LogP contribution in [0.1, 0.15) is 30.9 Å². The normalized spacial score (nSPS) is 17.3. The minimum Gasteiger partial charge on any atom is -0.410 e. The predicted octanol–water partition coefficient (Wildman–Crippen LogP) is 2.27. The first-order chi connectivity index (χ1) is 10.1. The average Bonchev–Trinajstić information content (AvgIpc) is 2.48. The number of piperidine rings is 1. The number of carbonyl (C=O) groups excluding carboxylic acids is 1. The molecule has 116 valence electrons. The van der Waals surface area contributed by atoms with Crippen LogP contribution in [0, 0.1) is 0 Å². The molecule has 21 heavy (non-hydrogen) atoms. The van der Waals surface area contributed by atoms with Crippen molar-refractivity contribution in [2.24, 2.45) is 0 Å². The summed E-state index contributed by atoms with van der Waals surface area (Å²) in [5.41, 5.74) is 0.782. The van der Waals surface area contributed by atoms with E-state index >= 15 is 0 Å². The Bertz CT molecular complexity index is 470. The Balaban J connectivity index is 1.97. The molecule has 5 heteroatoms. The summed E-state index contributed by atoms with van der Waals surface area (Å²) >= 11 is 0. The Morgan fingerprint density at radius 2 is 2.05 bits per heavy atom. The van der Waals surface area contributed by atoms with Crippen LogP contribution in [-0.2, 0) is 0 Å². The fraction of sp³-hybridized carbons (Fsp3) is 0.562. The fourth-order valence-corrected chi connectivity index (χ4v) is 2.47. The maximum Gasteiger partial charge on any atom is 0.414 e. The molecule has 5 nitrogen and oxygen atoms in total. The molecule has 1 aliphatic heterocycles. The molecule has 0 bridgehead atoms. The Hall–Kier alpha value is -1.59. The summed E-state index contributed by atoms with van der Waals surface area (Å²) in [6.45, 7) is 2.73. The maximum absolute atomic E-state index is 11.5. The molecular formula is C16H24N2O3. The molecule has 2 rings (SSSR count). The van der Waals surface area contributed by atoms with Crippen LogP contribution in [-0.4, -0.2) is 54.7 Å². The molecule has 0 aliphatic carbocycles. The van der Waals surface area contributed by atoms with Gasteiger partial charge in [-0.1, -0.05) is 18.6 Å². The van der Waals surface area contributed by atoms with Gasteiger partial charge in [0, 0.05) is 20.6 Å². The van der Waals surface area contributed by atoms with E-state index in [1.54, 1.807) is 32.3 Å². The van der Waals surface area contributed by atoms with Crippen LogP contribution < -0.4 is 4.74 Å². The van der Waals surface area contributed by atoms with E-state index in [0.717, 1.165) is 18.7 Å². The summed E-state index contributed by atoms with van der Waals surface area (Å²) in [6.07, 6.45) is 2.71. The lowest BCUT2D eigenvalue weighted by Crippen LogP contribution is -2.33. The number of rotatable bonds is 4. The lowest BCUT2D eigenvalue weighted by molar-refractivity contribution is 0.101. The first kappa shape index (κ1) is 15.8. The van der Waals surface area contributed by atoms with E-state index in [1.807, 2.05) is 6.07 Å². The van der Waals surface area contributed by atoms with Crippen molar-refractivity contribution in [3.8, 4) is 5.75 Å². The molecule has 1 saturated heterocycles. The largest absolute Gasteiger partial charge is 0.414 e. The summed E-state index contributed by atoms with van der Waals surface area (Å²) in [7, 11) is 3.27. The van der Waals surface area contributed by atoms with Gasteiger partial charge in [0.05, 0.1) is 6.10 Å². The number of ether oxygens (including phenoxy) is 1. The summed E-state index contributed by atoms with van der Waals surface area (Å²) in [4.78, 5) is 15.2. The highest BCUT2D eigenvalue weighted by molar-refractivity contribution is 5.70. The van der Waals surface area contributed by atoms with Crippen molar-refractivity contribution in [3.63, 3.8) is 0 Å². The highest BCUT2D eigenvalue weighted by atomic mass is 16.6. The standard InChI is InChI=1S/C16H24N2O3/c1-17(2)16(20)21-14-8-6-7-13(11-14)15(19)12-18-9-4-3-5-10-18/h6-8,11,15,19H,3-5,9-10,12H2,1-2H3. The van der Waals surface area contributed by atoms with Gasteiger partial charge in [-0.3, -0.25) is 0 Å². The topological polar surface area (TPSA) is 53.0 Å². The zero-order chi connectivity index (χ0) is 15.2. The Kier molecular flexibility index (Phi) is 5.59. The number of benzene rings is 1. The highest BCUT2D eigenvalue weighted by Gasteiger charge is 2.17. The van der Waals surface area contributed by atoms with E-state index in [1.165, 1.54) is 24.2 Å². The molecule has 0 radical (unpaired) electrons. The van der Waals surface area contributed by atoms with Crippen molar-refractivity contribution in [1.82, 2.24) is 9.80 Å². The monoisotopic (exact) mass is 292 g/mol. The van der Waals surface area contributed by atoms with Crippen LogP contribution in [0.4, 0.5) is 4.79 Å². The summed E-state index contributed by atoms with van der Waals surface area (Å²) in [5, 5.41) is 10.3. The quantitative estimate of drug-likeness (QED) is 0.925. The van der Waals surface area contributed by atoms with E-state index in [2.05, 4.69) is 4.90 Å². The summed E-state index contributed by atoms with van der Waals surface area (Å²) in [5.74, 6) is 0.462. The maximum atomic E-state index is 11.5. The smallest absolute Gasteiger partial charge is 0.410 e. The summed E-state index contributed by atoms with van der Waals surface area (Å²) < 4.78 is 5.22. The van der Waals surface area contributed by atoms with E-state index in [-0.39, 0.29) is 0 Å². The second-order valence-corrected chi connectivity index (χ2v) is 5.71. The van der Waals surface area contributed by atoms with Gasteiger partial charge in [-0.15, -0.1) is 0 Å². The van der Waals surface area contributed by atoms with Gasteiger partial charge in [0.15, 0.2) is 0 Å². The molecule has 1 heterocycles. The van der Waals surface area contributed by atoms with Gasteiger partial charge in [-0.05, 0) is 43.6 Å². The van der Waals surface area contributed by atoms with Gasteiger partial charge in [-0.25, -0.2) is 4.79 Å². The van der Waals surface area contributed by atoms with E-state index in [9.17, 15) is 9.90 Å². The van der Waals surface area contributed by atoms with Gasteiger partial charge in [0.1, 0.15) is 5.75 Å². The molecule has 1 aromatic rings. The van der Waals surface area contributed by atoms with E-state index in [4.69, 9.17) is 4.74 Å². The fourth-order valence-electron chi connectivity index (χ4n) is 2.47. The van der Waals surface area contributed by atoms with Crippen molar-refractivity contribution < 1.29 is 14.6 Å². The molecule has 1 unspecified atom stereocenters. The van der Waals surface area contributed by atoms with Crippen LogP contribution in [0.15, 0.2) is 24.3 Å². The number of amides is 1. The first-order valence-corrected chi connectivity index (χ1v) is 7.46. The Morgan fingerprint density at radius 1 is 1.33 bits per heavy atom. The van der Waals surface area contributed by atoms with Gasteiger partial charge in [0.25, 0.3) is 0 Å². The van der Waals surface area contributed by atoms with Gasteiger partial charge < -0.3 is 19.6 Å². The van der Waals surface area contributed by atoms with Gasteiger partial charge in [-0.2, -0.15) is 0 Å². The number of β-amino-alcohol motifs (C(OH)–C–C–N with tert-alkyl or cyclic N) is 1. The molecule has 0 spiro atoms. The van der Waals surface area contributed by atoms with Crippen molar-refractivity contribution in [3.05, 3.63) is 29.8 Å². The van der Waals surface area contributed by atoms with Crippen LogP contribution in [0.3, 0.4) is 0 Å². The second-order valence-electron chi connectivity index (χ2n) is 5.71. The lowest BCUT2D eigenvalue weighted by Gasteiger charge is -2.28. The third-order valence-corrected chi connectivity index (χ3v) is 3.69. The predicted molar refractivity (Wildman–Crippen MR) is 81.4 cm³/mol. The van der Waals surface area contributed by atoms with Gasteiger partial charge >= 0.3 is 6.09 Å². The van der Waals surface area contributed by atoms with Crippen molar-refractivity contribution >= 4 is 6.09 Å². The van der Waals surface area contributed by atoms with Crippen LogP contribution in [0.2, 0.25) is 0 Å². The molecule has 1 fully saturated rings. The van der Waals surface area contributed by atoms with Crippen molar-refractivity contribution in [1.29, 1.82) is 0 Å². The van der Waals surface area contributed by atoms with Gasteiger partial charge in [0.2, 0.25) is 0 Å². The molecule has 1 N–H and O–H groups in total. The molecule has 1 aliphatic rings. The Morgan fingerprint density at radius 3 is 2.71 bits per heavy atom. The second kappa shape index (κ2) is 7.43. The number of aliphatic hydroxyl groups is 1. The third-order valence-electron chi connectivity index (χ3n) is 3.69. The number of hydrogen-bond donors (Lipinski definition) is 1. The molecule has 1 atom stereocenters. The van der Waals surface area contributed by atoms with Crippen molar-refractivity contribution in [2.45, 2.75) is 25.4 Å². The number of nitrogens with zero attached hydrogens (tertiary/aromatic N) is 2. The SMILES string of the molecule is CN(C)C(=O)Oc1cccc(C(O)CN2CCCCC2)c1. The lowest BCUT2D eigenvalue weighted by atomic mass is 10.1. The number of likely N-dealkylation sites (tertiary alicyclic amines) is 1. The molecule has 1 amide bonds. The third kappa shape index (κ3) is 4.72. The first-order valence-electron chi connectivity index (χ1n) is 7.46. The van der Waals surface area contributed by atoms with E-state index < -0.39 is 12.2 Å². The number of aliphatic hydroxyl groups excluding tert-OH is 1. The van der Waals surface area contributed by atoms with Crippen LogP contribution in [0.5, 0.6) is 5.75 Å². The highest BCUT2D eigenvalue weighted by Crippen LogP contribution is 2.22. The molecule has 0 aromatic heterocycles.